The number of hydrogen-bond donors (Lipinski definition) is 3. The van der Waals surface area contributed by atoms with Crippen LogP contribution in [-0.2, 0) is 0 Å². The number of allylic oxidation sites excluding steroid dienone is 1. The fourth-order valence-electron chi connectivity index (χ4n) is 3.15. The highest BCUT2D eigenvalue weighted by Crippen LogP contribution is 2.35. The molecule has 29 heavy (non-hydrogen) atoms. The molecule has 8 heteroatoms. The van der Waals surface area contributed by atoms with Gasteiger partial charge in [-0.2, -0.15) is 5.26 Å². The molecule has 0 bridgehead atoms. The number of nitriles is 1. The predicted molar refractivity (Wildman–Crippen MR) is 107 cm³/mol. The summed E-state index contributed by atoms with van der Waals surface area (Å²) < 4.78 is 11.0. The highest BCUT2D eigenvalue weighted by atomic mass is 16.5. The zero-order valence-corrected chi connectivity index (χ0v) is 15.6. The molecule has 0 spiro atoms. The number of nitrogens with one attached hydrogen (secondary N) is 3. The molecule has 0 unspecified atom stereocenters. The number of methoxy groups -OCH3 is 1. The summed E-state index contributed by atoms with van der Waals surface area (Å²) in [7, 11) is 3.06. The van der Waals surface area contributed by atoms with Crippen molar-refractivity contribution in [2.45, 2.75) is 0 Å². The van der Waals surface area contributed by atoms with E-state index in [2.05, 4.69) is 21.7 Å². The summed E-state index contributed by atoms with van der Waals surface area (Å²) in [4.78, 5) is 27.4. The van der Waals surface area contributed by atoms with E-state index < -0.39 is 6.03 Å². The molecule has 1 aliphatic rings. The molecule has 0 saturated carbocycles. The average molecular weight is 388 g/mol. The molecule has 2 heterocycles. The van der Waals surface area contributed by atoms with Crippen LogP contribution in [0.25, 0.3) is 17.0 Å². The molecule has 0 saturated heterocycles. The monoisotopic (exact) mass is 388 g/mol. The second-order valence-corrected chi connectivity index (χ2v) is 6.29. The van der Waals surface area contributed by atoms with Crippen LogP contribution >= 0.6 is 0 Å². The van der Waals surface area contributed by atoms with E-state index in [1.807, 2.05) is 0 Å². The summed E-state index contributed by atoms with van der Waals surface area (Å²) >= 11 is 0. The highest BCUT2D eigenvalue weighted by Gasteiger charge is 2.28. The molecular weight excluding hydrogens is 372 g/mol. The number of Topliss-reactive ketones (excluding diaryl/α,β-unsaturated/α-hetero) is 1. The summed E-state index contributed by atoms with van der Waals surface area (Å²) in [5.74, 6) is 0.783. The Labute approximate surface area is 165 Å². The lowest BCUT2D eigenvalue weighted by atomic mass is 10.1. The topological polar surface area (TPSA) is 116 Å². The van der Waals surface area contributed by atoms with E-state index in [9.17, 15) is 14.9 Å². The number of ether oxygens (including phenoxy) is 2. The van der Waals surface area contributed by atoms with Crippen molar-refractivity contribution in [2.75, 3.05) is 19.5 Å². The summed E-state index contributed by atoms with van der Waals surface area (Å²) in [5.41, 5.74) is 2.41. The van der Waals surface area contributed by atoms with Gasteiger partial charge in [0.15, 0.2) is 5.76 Å². The number of ketones is 1. The van der Waals surface area contributed by atoms with Crippen molar-refractivity contribution in [2.24, 2.45) is 0 Å². The maximum atomic E-state index is 12.8. The van der Waals surface area contributed by atoms with Gasteiger partial charge in [0.25, 0.3) is 0 Å². The van der Waals surface area contributed by atoms with E-state index in [0.29, 0.717) is 34.0 Å². The normalized spacial score (nSPS) is 13.7. The van der Waals surface area contributed by atoms with Crippen molar-refractivity contribution in [3.8, 4) is 17.6 Å². The van der Waals surface area contributed by atoms with Crippen LogP contribution in [0.2, 0.25) is 0 Å². The Kier molecular flexibility index (Phi) is 4.41. The summed E-state index contributed by atoms with van der Waals surface area (Å²) in [6, 6.07) is 11.9. The van der Waals surface area contributed by atoms with E-state index in [4.69, 9.17) is 9.47 Å². The summed E-state index contributed by atoms with van der Waals surface area (Å²) in [6.07, 6.45) is 1.55. The molecule has 1 aliphatic heterocycles. The zero-order valence-electron chi connectivity index (χ0n) is 15.6. The van der Waals surface area contributed by atoms with E-state index in [1.54, 1.807) is 49.6 Å². The van der Waals surface area contributed by atoms with Crippen molar-refractivity contribution in [3.63, 3.8) is 0 Å². The van der Waals surface area contributed by atoms with Crippen molar-refractivity contribution < 1.29 is 19.1 Å². The van der Waals surface area contributed by atoms with Crippen LogP contribution in [0.5, 0.6) is 11.5 Å². The van der Waals surface area contributed by atoms with Gasteiger partial charge in [-0.3, -0.25) is 4.79 Å². The molecule has 8 nitrogen and oxygen atoms in total. The van der Waals surface area contributed by atoms with Gasteiger partial charge in [-0.05, 0) is 42.5 Å². The van der Waals surface area contributed by atoms with Gasteiger partial charge in [0.2, 0.25) is 5.78 Å². The number of urea groups is 1. The number of carbonyl (C=O) groups excluding carboxylic acids is 2. The first kappa shape index (κ1) is 18.1. The van der Waals surface area contributed by atoms with E-state index >= 15 is 0 Å². The lowest BCUT2D eigenvalue weighted by Gasteiger charge is -2.04. The fraction of sp³-hybridized carbons (Fsp3) is 0.0952. The van der Waals surface area contributed by atoms with Crippen molar-refractivity contribution in [1.29, 1.82) is 5.26 Å². The third-order valence-corrected chi connectivity index (χ3v) is 4.59. The fourth-order valence-corrected chi connectivity index (χ4v) is 3.15. The second kappa shape index (κ2) is 7.05. The number of rotatable bonds is 3. The van der Waals surface area contributed by atoms with Crippen LogP contribution in [0.4, 0.5) is 10.5 Å². The van der Waals surface area contributed by atoms with Gasteiger partial charge in [0.1, 0.15) is 23.3 Å². The van der Waals surface area contributed by atoms with Crippen LogP contribution in [0.3, 0.4) is 0 Å². The second-order valence-electron chi connectivity index (χ2n) is 6.29. The molecule has 0 atom stereocenters. The minimum Gasteiger partial charge on any atom is -0.497 e. The molecule has 144 valence electrons. The molecule has 2 aromatic carbocycles. The maximum Gasteiger partial charge on any atom is 0.318 e. The Bertz CT molecular complexity index is 1230. The van der Waals surface area contributed by atoms with Crippen LogP contribution in [0.1, 0.15) is 21.6 Å². The largest absolute Gasteiger partial charge is 0.497 e. The first-order valence-corrected chi connectivity index (χ1v) is 8.71. The number of benzene rings is 2. The number of carbonyl (C=O) groups is 2. The summed E-state index contributed by atoms with van der Waals surface area (Å²) in [5, 5.41) is 15.3. The molecule has 0 fully saturated rings. The molecule has 4 rings (SSSR count). The Morgan fingerprint density at radius 3 is 2.83 bits per heavy atom. The molecule has 2 amide bonds. The Morgan fingerprint density at radius 2 is 2.10 bits per heavy atom. The Morgan fingerprint density at radius 1 is 1.28 bits per heavy atom. The zero-order chi connectivity index (χ0) is 20.5. The number of aromatic nitrogens is 1. The molecule has 0 aliphatic carbocycles. The van der Waals surface area contributed by atoms with Gasteiger partial charge in [0, 0.05) is 29.2 Å². The number of anilines is 1. The molecular formula is C21H16N4O4. The predicted octanol–water partition coefficient (Wildman–Crippen LogP) is 3.42. The average Bonchev–Trinajstić information content (AvgIpc) is 3.25. The lowest BCUT2D eigenvalue weighted by molar-refractivity contribution is 0.101. The number of H-pyrrole nitrogens is 1. The first-order chi connectivity index (χ1) is 14.0. The molecule has 3 N–H and O–H groups in total. The molecule has 0 radical (unpaired) electrons. The first-order valence-electron chi connectivity index (χ1n) is 8.71. The Hall–Kier alpha value is -4.25. The lowest BCUT2D eigenvalue weighted by Crippen LogP contribution is -2.24. The SMILES string of the molecule is CNC(=O)Nc1ccc2c(c1)C(=O)C(=Cc1c(C#N)[nH]c3ccc(OC)cc13)O2. The van der Waals surface area contributed by atoms with Gasteiger partial charge >= 0.3 is 6.03 Å². The number of hydrogen-bond acceptors (Lipinski definition) is 5. The van der Waals surface area contributed by atoms with Crippen LogP contribution in [0.15, 0.2) is 42.2 Å². The van der Waals surface area contributed by atoms with E-state index in [-0.39, 0.29) is 11.5 Å². The smallest absolute Gasteiger partial charge is 0.318 e. The third-order valence-electron chi connectivity index (χ3n) is 4.59. The van der Waals surface area contributed by atoms with Crippen LogP contribution < -0.4 is 20.1 Å². The quantitative estimate of drug-likeness (QED) is 0.595. The van der Waals surface area contributed by atoms with Gasteiger partial charge in [0.05, 0.1) is 12.7 Å². The van der Waals surface area contributed by atoms with E-state index in [0.717, 1.165) is 10.9 Å². The maximum absolute atomic E-state index is 12.8. The number of aromatic amines is 1. The van der Waals surface area contributed by atoms with Gasteiger partial charge < -0.3 is 25.1 Å². The molecule has 3 aromatic rings. The van der Waals surface area contributed by atoms with Crippen LogP contribution in [0, 0.1) is 11.3 Å². The van der Waals surface area contributed by atoms with Gasteiger partial charge in [-0.1, -0.05) is 0 Å². The van der Waals surface area contributed by atoms with Gasteiger partial charge in [-0.25, -0.2) is 4.79 Å². The number of amides is 2. The molecule has 1 aromatic heterocycles. The van der Waals surface area contributed by atoms with Gasteiger partial charge in [-0.15, -0.1) is 0 Å². The van der Waals surface area contributed by atoms with Crippen molar-refractivity contribution in [3.05, 3.63) is 59.0 Å². The van der Waals surface area contributed by atoms with Crippen molar-refractivity contribution >= 4 is 34.5 Å². The Balaban J connectivity index is 1.75. The standard InChI is InChI=1S/C21H16N4O4/c1-23-21(27)24-11-3-6-18-15(7-11)20(26)19(29-18)9-14-13-8-12(28-2)4-5-16(13)25-17(14)10-22/h3-9,25H,1-2H3,(H2,23,24,27). The summed E-state index contributed by atoms with van der Waals surface area (Å²) in [6.45, 7) is 0. The highest BCUT2D eigenvalue weighted by molar-refractivity contribution is 6.16. The minimum atomic E-state index is -0.390. The van der Waals surface area contributed by atoms with Crippen molar-refractivity contribution in [1.82, 2.24) is 10.3 Å². The minimum absolute atomic E-state index is 0.0947. The van der Waals surface area contributed by atoms with Crippen LogP contribution in [-0.4, -0.2) is 31.0 Å². The third kappa shape index (κ3) is 3.15. The van der Waals surface area contributed by atoms with E-state index in [1.165, 1.54) is 7.05 Å². The number of nitrogens with zero attached hydrogens (tertiary/aromatic N) is 1. The number of fused-ring (bicyclic) bond motifs is 2.